The maximum Gasteiger partial charge on any atom is 0.416 e. The van der Waals surface area contributed by atoms with E-state index in [0.29, 0.717) is 5.75 Å². The van der Waals surface area contributed by atoms with Crippen LogP contribution in [0, 0.1) is 6.92 Å². The predicted molar refractivity (Wildman–Crippen MR) is 67.8 cm³/mol. The molecule has 1 N–H and O–H groups in total. The van der Waals surface area contributed by atoms with Gasteiger partial charge < -0.3 is 10.1 Å². The van der Waals surface area contributed by atoms with E-state index in [2.05, 4.69) is 15.3 Å². The third-order valence-electron chi connectivity index (χ3n) is 2.49. The molecule has 106 valence electrons. The van der Waals surface area contributed by atoms with Crippen LogP contribution in [0.5, 0.6) is 11.6 Å². The second-order valence-corrected chi connectivity index (χ2v) is 4.06. The lowest BCUT2D eigenvalue weighted by molar-refractivity contribution is -0.137. The van der Waals surface area contributed by atoms with E-state index in [0.717, 1.165) is 17.8 Å². The summed E-state index contributed by atoms with van der Waals surface area (Å²) in [7, 11) is 1.49. The molecular formula is C13H12F3N3O. The number of hydrogen-bond acceptors (Lipinski definition) is 4. The highest BCUT2D eigenvalue weighted by Gasteiger charge is 2.32. The summed E-state index contributed by atoms with van der Waals surface area (Å²) in [6.07, 6.45) is -3.03. The summed E-state index contributed by atoms with van der Waals surface area (Å²) in [4.78, 5) is 7.92. The van der Waals surface area contributed by atoms with Crippen LogP contribution >= 0.6 is 0 Å². The summed E-state index contributed by atoms with van der Waals surface area (Å²) in [6, 6.07) is 5.08. The van der Waals surface area contributed by atoms with Crippen LogP contribution in [-0.2, 0) is 6.18 Å². The molecule has 2 heterocycles. The summed E-state index contributed by atoms with van der Waals surface area (Å²) in [5.74, 6) is 0.259. The van der Waals surface area contributed by atoms with Crippen molar-refractivity contribution in [1.82, 2.24) is 9.97 Å². The monoisotopic (exact) mass is 283 g/mol. The van der Waals surface area contributed by atoms with Crippen molar-refractivity contribution >= 4 is 5.82 Å². The Morgan fingerprint density at radius 2 is 1.95 bits per heavy atom. The van der Waals surface area contributed by atoms with Gasteiger partial charge in [0.25, 0.3) is 0 Å². The van der Waals surface area contributed by atoms with Gasteiger partial charge in [-0.05, 0) is 25.1 Å². The molecule has 2 aromatic heterocycles. The maximum absolute atomic E-state index is 12.8. The van der Waals surface area contributed by atoms with Gasteiger partial charge in [-0.15, -0.1) is 0 Å². The quantitative estimate of drug-likeness (QED) is 0.934. The van der Waals surface area contributed by atoms with Gasteiger partial charge in [0.05, 0.1) is 11.8 Å². The zero-order chi connectivity index (χ0) is 14.8. The molecule has 2 aromatic rings. The number of rotatable bonds is 3. The first-order valence-electron chi connectivity index (χ1n) is 5.76. The molecule has 20 heavy (non-hydrogen) atoms. The van der Waals surface area contributed by atoms with Crippen molar-refractivity contribution in [3.8, 4) is 11.6 Å². The maximum atomic E-state index is 12.8. The number of aryl methyl sites for hydroxylation is 1. The minimum atomic E-state index is -4.46. The molecule has 0 unspecified atom stereocenters. The van der Waals surface area contributed by atoms with Gasteiger partial charge >= 0.3 is 6.18 Å². The third-order valence-corrected chi connectivity index (χ3v) is 2.49. The van der Waals surface area contributed by atoms with Crippen molar-refractivity contribution < 1.29 is 17.9 Å². The number of nitrogens with zero attached hydrogens (tertiary/aromatic N) is 2. The summed E-state index contributed by atoms with van der Waals surface area (Å²) in [5, 5.41) is 2.57. The van der Waals surface area contributed by atoms with Gasteiger partial charge in [0.2, 0.25) is 5.88 Å². The Bertz CT molecular complexity index is 597. The molecule has 0 spiro atoms. The van der Waals surface area contributed by atoms with Crippen LogP contribution < -0.4 is 10.1 Å². The average molecular weight is 283 g/mol. The molecule has 0 radical (unpaired) electrons. The normalized spacial score (nSPS) is 11.2. The first kappa shape index (κ1) is 14.1. The van der Waals surface area contributed by atoms with Gasteiger partial charge in [-0.1, -0.05) is 0 Å². The van der Waals surface area contributed by atoms with Crippen LogP contribution in [0.1, 0.15) is 11.3 Å². The number of nitrogens with one attached hydrogen (secondary N) is 1. The van der Waals surface area contributed by atoms with Crippen LogP contribution in [0.15, 0.2) is 30.5 Å². The zero-order valence-corrected chi connectivity index (χ0v) is 10.8. The smallest absolute Gasteiger partial charge is 0.416 e. The molecule has 0 saturated heterocycles. The minimum Gasteiger partial charge on any atom is -0.437 e. The number of hydrogen-bond donors (Lipinski definition) is 1. The highest BCUT2D eigenvalue weighted by Crippen LogP contribution is 2.33. The molecule has 0 atom stereocenters. The Labute approximate surface area is 113 Å². The fraction of sp³-hybridized carbons (Fsp3) is 0.231. The van der Waals surface area contributed by atoms with Crippen LogP contribution in [0.4, 0.5) is 19.0 Å². The van der Waals surface area contributed by atoms with E-state index in [1.165, 1.54) is 13.2 Å². The number of halogens is 3. The van der Waals surface area contributed by atoms with Crippen LogP contribution in [0.25, 0.3) is 0 Å². The van der Waals surface area contributed by atoms with E-state index in [-0.39, 0.29) is 11.7 Å². The fourth-order valence-electron chi connectivity index (χ4n) is 1.48. The number of anilines is 1. The molecular weight excluding hydrogens is 271 g/mol. The zero-order valence-electron chi connectivity index (χ0n) is 10.8. The van der Waals surface area contributed by atoms with Crippen LogP contribution in [0.2, 0.25) is 0 Å². The fourth-order valence-corrected chi connectivity index (χ4v) is 1.48. The van der Waals surface area contributed by atoms with E-state index in [9.17, 15) is 13.2 Å². The van der Waals surface area contributed by atoms with E-state index in [4.69, 9.17) is 4.74 Å². The second kappa shape index (κ2) is 5.36. The van der Waals surface area contributed by atoms with Crippen molar-refractivity contribution in [3.63, 3.8) is 0 Å². The van der Waals surface area contributed by atoms with Gasteiger partial charge in [0, 0.05) is 18.8 Å². The largest absolute Gasteiger partial charge is 0.437 e. The molecule has 0 fully saturated rings. The Kier molecular flexibility index (Phi) is 3.78. The molecule has 7 heteroatoms. The average Bonchev–Trinajstić information content (AvgIpc) is 2.40. The van der Waals surface area contributed by atoms with Gasteiger partial charge in [-0.2, -0.15) is 18.2 Å². The van der Waals surface area contributed by atoms with Crippen molar-refractivity contribution in [2.24, 2.45) is 0 Å². The van der Waals surface area contributed by atoms with Crippen molar-refractivity contribution in [2.45, 2.75) is 13.1 Å². The Morgan fingerprint density at radius 1 is 1.20 bits per heavy atom. The molecule has 0 aliphatic heterocycles. The van der Waals surface area contributed by atoms with Crippen molar-refractivity contribution in [2.75, 3.05) is 12.4 Å². The van der Waals surface area contributed by atoms with E-state index < -0.39 is 11.7 Å². The molecule has 4 nitrogen and oxygen atoms in total. The second-order valence-electron chi connectivity index (χ2n) is 4.06. The summed E-state index contributed by atoms with van der Waals surface area (Å²) in [6.45, 7) is 1.80. The van der Waals surface area contributed by atoms with Gasteiger partial charge in [-0.3, -0.25) is 4.98 Å². The lowest BCUT2D eigenvalue weighted by Crippen LogP contribution is -2.07. The van der Waals surface area contributed by atoms with Gasteiger partial charge in [-0.25, -0.2) is 0 Å². The van der Waals surface area contributed by atoms with E-state index >= 15 is 0 Å². The summed E-state index contributed by atoms with van der Waals surface area (Å²) in [5.41, 5.74) is -0.0443. The first-order valence-corrected chi connectivity index (χ1v) is 5.76. The lowest BCUT2D eigenvalue weighted by Gasteiger charge is -2.11. The SMILES string of the molecule is CNc1cc(C(F)(F)F)cc(Oc2ccc(C)nc2)n1. The highest BCUT2D eigenvalue weighted by atomic mass is 19.4. The molecule has 0 aromatic carbocycles. The summed E-state index contributed by atoms with van der Waals surface area (Å²) < 4.78 is 43.6. The third kappa shape index (κ3) is 3.37. The van der Waals surface area contributed by atoms with Gasteiger partial charge in [0.1, 0.15) is 11.6 Å². The van der Waals surface area contributed by atoms with E-state index in [1.807, 2.05) is 0 Å². The van der Waals surface area contributed by atoms with Crippen LogP contribution in [0.3, 0.4) is 0 Å². The molecule has 0 aliphatic rings. The number of ether oxygens (including phenoxy) is 1. The van der Waals surface area contributed by atoms with Crippen molar-refractivity contribution in [1.29, 1.82) is 0 Å². The number of aromatic nitrogens is 2. The van der Waals surface area contributed by atoms with Gasteiger partial charge in [0.15, 0.2) is 0 Å². The van der Waals surface area contributed by atoms with E-state index in [1.54, 1.807) is 19.1 Å². The topological polar surface area (TPSA) is 47.0 Å². The number of alkyl halides is 3. The number of pyridine rings is 2. The molecule has 2 rings (SSSR count). The lowest BCUT2D eigenvalue weighted by atomic mass is 10.2. The molecule has 0 bridgehead atoms. The predicted octanol–water partition coefficient (Wildman–Crippen LogP) is 3.64. The Balaban J connectivity index is 2.33. The molecule has 0 aliphatic carbocycles. The minimum absolute atomic E-state index is 0.0786. The standard InChI is InChI=1S/C13H12F3N3O/c1-8-3-4-10(7-18-8)20-12-6-9(13(14,15)16)5-11(17-2)19-12/h3-7H,1-2H3,(H,17,19). The van der Waals surface area contributed by atoms with Crippen LogP contribution in [-0.4, -0.2) is 17.0 Å². The molecule has 0 saturated carbocycles. The Morgan fingerprint density at radius 3 is 2.50 bits per heavy atom. The first-order chi connectivity index (χ1) is 9.38. The Hall–Kier alpha value is -2.31. The highest BCUT2D eigenvalue weighted by molar-refractivity contribution is 5.43. The molecule has 0 amide bonds. The summed E-state index contributed by atoms with van der Waals surface area (Å²) >= 11 is 0. The van der Waals surface area contributed by atoms with Crippen molar-refractivity contribution in [3.05, 3.63) is 41.7 Å².